The van der Waals surface area contributed by atoms with Crippen molar-refractivity contribution in [3.8, 4) is 11.5 Å². The zero-order valence-corrected chi connectivity index (χ0v) is 13.2. The largest absolute Gasteiger partial charge is 0.492 e. The molecular weight excluding hydrogens is 308 g/mol. The highest BCUT2D eigenvalue weighted by Gasteiger charge is 2.17. The highest BCUT2D eigenvalue weighted by Crippen LogP contribution is 2.24. The van der Waals surface area contributed by atoms with Crippen LogP contribution in [0.3, 0.4) is 0 Å². The van der Waals surface area contributed by atoms with E-state index in [-0.39, 0.29) is 11.6 Å². The highest BCUT2D eigenvalue weighted by atomic mass is 16.5. The average molecular weight is 326 g/mol. The highest BCUT2D eigenvalue weighted by molar-refractivity contribution is 6.00. The Morgan fingerprint density at radius 1 is 0.667 bits per heavy atom. The topological polar surface area (TPSA) is 69.7 Å². The van der Waals surface area contributed by atoms with E-state index < -0.39 is 0 Å². The van der Waals surface area contributed by atoms with E-state index in [1.807, 2.05) is 43.2 Å². The number of ketones is 2. The van der Waals surface area contributed by atoms with Gasteiger partial charge in [0, 0.05) is 12.8 Å². The lowest BCUT2D eigenvalue weighted by atomic mass is 10.1. The second-order valence-electron chi connectivity index (χ2n) is 5.04. The lowest BCUT2D eigenvalue weighted by Crippen LogP contribution is -2.14. The van der Waals surface area contributed by atoms with E-state index in [1.54, 1.807) is 12.1 Å². The van der Waals surface area contributed by atoms with Gasteiger partial charge < -0.3 is 14.3 Å². The molecule has 2 aromatic rings. The van der Waals surface area contributed by atoms with Crippen LogP contribution in [-0.2, 0) is 4.79 Å². The monoisotopic (exact) mass is 326 g/mol. The summed E-state index contributed by atoms with van der Waals surface area (Å²) in [5.74, 6) is 1.83. The molecule has 2 aliphatic heterocycles. The Hall–Kier alpha value is -2.95. The first-order chi connectivity index (χ1) is 11.8. The van der Waals surface area contributed by atoms with Crippen molar-refractivity contribution in [1.29, 1.82) is 0 Å². The van der Waals surface area contributed by atoms with Crippen molar-refractivity contribution >= 4 is 18.4 Å². The van der Waals surface area contributed by atoms with Gasteiger partial charge in [-0.3, -0.25) is 9.59 Å². The lowest BCUT2D eigenvalue weighted by molar-refractivity contribution is -0.0980. The van der Waals surface area contributed by atoms with Crippen LogP contribution in [-0.4, -0.2) is 31.6 Å². The van der Waals surface area contributed by atoms with Crippen molar-refractivity contribution in [3.05, 3.63) is 59.7 Å². The SMILES string of the molecule is C=O.O=C1CCOc2ccccc21.O=C1CCOc2ccccc21. The van der Waals surface area contributed by atoms with E-state index in [1.165, 1.54) is 0 Å². The quantitative estimate of drug-likeness (QED) is 0.744. The van der Waals surface area contributed by atoms with E-state index in [9.17, 15) is 9.59 Å². The van der Waals surface area contributed by atoms with E-state index in [4.69, 9.17) is 14.3 Å². The van der Waals surface area contributed by atoms with Gasteiger partial charge in [-0.15, -0.1) is 0 Å². The zero-order valence-electron chi connectivity index (χ0n) is 13.2. The van der Waals surface area contributed by atoms with Crippen LogP contribution in [0.25, 0.3) is 0 Å². The van der Waals surface area contributed by atoms with Gasteiger partial charge in [0.2, 0.25) is 0 Å². The number of hydrogen-bond donors (Lipinski definition) is 0. The number of Topliss-reactive ketones (excluding diaryl/α,β-unsaturated/α-hetero) is 2. The van der Waals surface area contributed by atoms with Gasteiger partial charge in [-0.1, -0.05) is 24.3 Å². The fourth-order valence-electron chi connectivity index (χ4n) is 2.42. The molecule has 5 nitrogen and oxygen atoms in total. The molecule has 0 unspecified atom stereocenters. The minimum Gasteiger partial charge on any atom is -0.492 e. The van der Waals surface area contributed by atoms with Crippen LogP contribution in [0.2, 0.25) is 0 Å². The van der Waals surface area contributed by atoms with E-state index >= 15 is 0 Å². The van der Waals surface area contributed by atoms with Gasteiger partial charge in [0.05, 0.1) is 24.3 Å². The third-order valence-electron chi connectivity index (χ3n) is 3.55. The van der Waals surface area contributed by atoms with Crippen LogP contribution >= 0.6 is 0 Å². The normalized spacial score (nSPS) is 14.3. The van der Waals surface area contributed by atoms with Gasteiger partial charge in [0.15, 0.2) is 11.6 Å². The second kappa shape index (κ2) is 8.62. The third kappa shape index (κ3) is 4.07. The Kier molecular flexibility index (Phi) is 6.25. The Morgan fingerprint density at radius 3 is 1.42 bits per heavy atom. The van der Waals surface area contributed by atoms with Crippen molar-refractivity contribution in [2.75, 3.05) is 13.2 Å². The Bertz CT molecular complexity index is 662. The molecule has 0 N–H and O–H groups in total. The van der Waals surface area contributed by atoms with E-state index in [0.29, 0.717) is 26.1 Å². The second-order valence-corrected chi connectivity index (χ2v) is 5.04. The molecule has 0 aromatic heterocycles. The number of benzene rings is 2. The summed E-state index contributed by atoms with van der Waals surface area (Å²) in [4.78, 5) is 30.4. The molecule has 0 saturated carbocycles. The van der Waals surface area contributed by atoms with Crippen molar-refractivity contribution < 1.29 is 23.9 Å². The molecule has 124 valence electrons. The predicted molar refractivity (Wildman–Crippen MR) is 88.9 cm³/mol. The third-order valence-corrected chi connectivity index (χ3v) is 3.55. The molecule has 5 heteroatoms. The first-order valence-corrected chi connectivity index (χ1v) is 7.54. The van der Waals surface area contributed by atoms with Crippen LogP contribution in [0.4, 0.5) is 0 Å². The standard InChI is InChI=1S/2C9H8O2.CH2O/c2*10-8-5-6-11-9-4-2-1-3-7(8)9;1-2/h2*1-4H,5-6H2;1H2. The fourth-order valence-corrected chi connectivity index (χ4v) is 2.42. The molecule has 0 fully saturated rings. The van der Waals surface area contributed by atoms with Crippen LogP contribution in [0, 0.1) is 0 Å². The van der Waals surface area contributed by atoms with Gasteiger partial charge in [-0.2, -0.15) is 0 Å². The van der Waals surface area contributed by atoms with Crippen LogP contribution in [0.5, 0.6) is 11.5 Å². The molecule has 0 radical (unpaired) electrons. The van der Waals surface area contributed by atoms with Crippen molar-refractivity contribution in [1.82, 2.24) is 0 Å². The molecule has 24 heavy (non-hydrogen) atoms. The number of hydrogen-bond acceptors (Lipinski definition) is 5. The van der Waals surface area contributed by atoms with Gasteiger partial charge in [-0.05, 0) is 24.3 Å². The summed E-state index contributed by atoms with van der Waals surface area (Å²) in [5.41, 5.74) is 1.44. The molecule has 2 aromatic carbocycles. The van der Waals surface area contributed by atoms with E-state index in [2.05, 4.69) is 0 Å². The summed E-state index contributed by atoms with van der Waals surface area (Å²) in [6, 6.07) is 14.7. The maximum absolute atomic E-state index is 11.2. The minimum absolute atomic E-state index is 0.187. The number of para-hydroxylation sites is 2. The minimum atomic E-state index is 0.187. The lowest BCUT2D eigenvalue weighted by Gasteiger charge is -2.14. The molecule has 0 aliphatic carbocycles. The Morgan fingerprint density at radius 2 is 1.04 bits per heavy atom. The first kappa shape index (κ1) is 17.4. The van der Waals surface area contributed by atoms with Gasteiger partial charge in [-0.25, -0.2) is 0 Å². The van der Waals surface area contributed by atoms with Crippen molar-refractivity contribution in [3.63, 3.8) is 0 Å². The van der Waals surface area contributed by atoms with Crippen molar-refractivity contribution in [2.45, 2.75) is 12.8 Å². The van der Waals surface area contributed by atoms with Crippen molar-refractivity contribution in [2.24, 2.45) is 0 Å². The van der Waals surface area contributed by atoms with Gasteiger partial charge in [0.1, 0.15) is 18.3 Å². The molecule has 0 amide bonds. The molecule has 2 heterocycles. The smallest absolute Gasteiger partial charge is 0.169 e. The Balaban J connectivity index is 0.000000158. The molecule has 0 atom stereocenters. The zero-order chi connectivity index (χ0) is 17.4. The molecule has 4 rings (SSSR count). The molecular formula is C19H18O5. The summed E-state index contributed by atoms with van der Waals surface area (Å²) < 4.78 is 10.5. The fraction of sp³-hybridized carbons (Fsp3) is 0.211. The van der Waals surface area contributed by atoms with E-state index in [0.717, 1.165) is 22.6 Å². The molecule has 2 aliphatic rings. The number of carbonyl (C=O) groups is 3. The van der Waals surface area contributed by atoms with Gasteiger partial charge in [0.25, 0.3) is 0 Å². The maximum Gasteiger partial charge on any atom is 0.169 e. The van der Waals surface area contributed by atoms with Crippen LogP contribution in [0.1, 0.15) is 33.6 Å². The Labute approximate surface area is 140 Å². The maximum atomic E-state index is 11.2. The van der Waals surface area contributed by atoms with Gasteiger partial charge >= 0.3 is 0 Å². The van der Waals surface area contributed by atoms with Crippen LogP contribution in [0.15, 0.2) is 48.5 Å². The molecule has 0 saturated heterocycles. The van der Waals surface area contributed by atoms with Crippen LogP contribution < -0.4 is 9.47 Å². The first-order valence-electron chi connectivity index (χ1n) is 7.54. The number of carbonyl (C=O) groups excluding carboxylic acids is 3. The summed E-state index contributed by atoms with van der Waals surface area (Å²) in [6.07, 6.45) is 1.02. The number of rotatable bonds is 0. The molecule has 0 bridgehead atoms. The summed E-state index contributed by atoms with van der Waals surface area (Å²) in [7, 11) is 0. The number of ether oxygens (including phenoxy) is 2. The molecule has 0 spiro atoms. The predicted octanol–water partition coefficient (Wildman–Crippen LogP) is 3.12. The summed E-state index contributed by atoms with van der Waals surface area (Å²) in [5, 5.41) is 0. The summed E-state index contributed by atoms with van der Waals surface area (Å²) >= 11 is 0. The number of fused-ring (bicyclic) bond motifs is 2. The average Bonchev–Trinajstić information content (AvgIpc) is 2.65. The summed E-state index contributed by atoms with van der Waals surface area (Å²) in [6.45, 7) is 3.05.